The summed E-state index contributed by atoms with van der Waals surface area (Å²) in [6.07, 6.45) is 4.37. The number of carbonyl (C=O) groups is 5. The van der Waals surface area contributed by atoms with Gasteiger partial charge in [0.05, 0.1) is 22.7 Å². The fraction of sp³-hybridized carbons (Fsp3) is 0.489. The second kappa shape index (κ2) is 15.6. The number of benzene rings is 3. The van der Waals surface area contributed by atoms with E-state index in [1.54, 1.807) is 18.2 Å². The summed E-state index contributed by atoms with van der Waals surface area (Å²) in [7, 11) is 0. The quantitative estimate of drug-likeness (QED) is 0.196. The van der Waals surface area contributed by atoms with E-state index in [2.05, 4.69) is 70.0 Å². The number of anilines is 1. The molecule has 9 rings (SSSR count). The highest BCUT2D eigenvalue weighted by Crippen LogP contribution is 2.56. The van der Waals surface area contributed by atoms with Crippen LogP contribution in [0.1, 0.15) is 108 Å². The van der Waals surface area contributed by atoms with Crippen LogP contribution in [-0.2, 0) is 22.7 Å². The van der Waals surface area contributed by atoms with Crippen molar-refractivity contribution in [3.8, 4) is 5.75 Å². The number of fused-ring (bicyclic) bond motifs is 2. The number of rotatable bonds is 8. The molecule has 61 heavy (non-hydrogen) atoms. The van der Waals surface area contributed by atoms with Crippen LogP contribution in [0.25, 0.3) is 4.85 Å². The Bertz CT molecular complexity index is 2300. The van der Waals surface area contributed by atoms with Crippen LogP contribution < -0.4 is 20.3 Å². The Labute approximate surface area is 361 Å². The highest BCUT2D eigenvalue weighted by Gasteiger charge is 2.64. The topological polar surface area (TPSA) is 136 Å². The second-order valence-electron chi connectivity index (χ2n) is 18.8. The molecule has 13 nitrogen and oxygen atoms in total. The standard InChI is InChI=1S/C47H52ClN7O6/c1-46(2)44(47(3,4)45(46)61-33-10-11-37(49-5)36(48)24-33)51-40(57)27-6-8-30(9-7-27)52-18-14-31(15-19-52)53-20-16-32(17-21-53)54-25-28-22-34-35(23-29(28)26-54)43(60)55(42(34)59)38-12-13-39(56)50-41(38)58/h6-11,22-24,31-32,38,44-45H,12-21,25-26H2,1-4H3,(H,51,57)(H,50,56,58)/t38-,44?,45?/m1/s1. The summed E-state index contributed by atoms with van der Waals surface area (Å²) in [6, 6.07) is 16.7. The molecule has 1 aliphatic carbocycles. The van der Waals surface area contributed by atoms with Crippen LogP contribution in [0, 0.1) is 17.4 Å². The molecule has 0 radical (unpaired) electrons. The summed E-state index contributed by atoms with van der Waals surface area (Å²) in [5, 5.41) is 5.92. The number of hydrogen-bond donors (Lipinski definition) is 2. The molecule has 0 bridgehead atoms. The van der Waals surface area contributed by atoms with Gasteiger partial charge in [0.1, 0.15) is 17.9 Å². The number of nitrogens with one attached hydrogen (secondary N) is 2. The summed E-state index contributed by atoms with van der Waals surface area (Å²) in [5.41, 5.74) is 4.28. The number of nitrogens with zero attached hydrogens (tertiary/aromatic N) is 5. The lowest BCUT2D eigenvalue weighted by atomic mass is 9.49. The van der Waals surface area contributed by atoms with E-state index in [0.29, 0.717) is 45.2 Å². The van der Waals surface area contributed by atoms with Gasteiger partial charge in [-0.2, -0.15) is 0 Å². The van der Waals surface area contributed by atoms with Crippen molar-refractivity contribution in [2.24, 2.45) is 10.8 Å². The molecule has 14 heteroatoms. The van der Waals surface area contributed by atoms with Crippen LogP contribution in [0.5, 0.6) is 5.75 Å². The highest BCUT2D eigenvalue weighted by atomic mass is 35.5. The van der Waals surface area contributed by atoms with Crippen molar-refractivity contribution in [1.82, 2.24) is 25.3 Å². The molecule has 5 aliphatic heterocycles. The smallest absolute Gasteiger partial charge is 0.262 e. The third-order valence-electron chi connectivity index (χ3n) is 14.4. The summed E-state index contributed by atoms with van der Waals surface area (Å²) in [6.45, 7) is 21.1. The maximum absolute atomic E-state index is 13.6. The molecule has 3 aromatic rings. The third-order valence-corrected chi connectivity index (χ3v) is 14.7. The predicted molar refractivity (Wildman–Crippen MR) is 230 cm³/mol. The lowest BCUT2D eigenvalue weighted by Crippen LogP contribution is -2.74. The zero-order chi connectivity index (χ0) is 43.0. The second-order valence-corrected chi connectivity index (χ2v) is 19.2. The Morgan fingerprint density at radius 2 is 1.39 bits per heavy atom. The van der Waals surface area contributed by atoms with Crippen molar-refractivity contribution in [2.45, 2.75) is 110 Å². The average molecular weight is 846 g/mol. The zero-order valence-electron chi connectivity index (χ0n) is 35.1. The van der Waals surface area contributed by atoms with Gasteiger partial charge >= 0.3 is 0 Å². The molecule has 5 heterocycles. The molecule has 3 aromatic carbocycles. The van der Waals surface area contributed by atoms with Gasteiger partial charge in [-0.25, -0.2) is 4.85 Å². The molecule has 3 saturated heterocycles. The number of halogens is 1. The number of piperidine rings is 3. The largest absolute Gasteiger partial charge is 0.489 e. The van der Waals surface area contributed by atoms with E-state index in [1.807, 2.05) is 24.3 Å². The molecule has 0 aromatic heterocycles. The van der Waals surface area contributed by atoms with Gasteiger partial charge in [-0.05, 0) is 105 Å². The minimum atomic E-state index is -0.957. The molecule has 0 spiro atoms. The molecule has 1 saturated carbocycles. The monoisotopic (exact) mass is 845 g/mol. The van der Waals surface area contributed by atoms with Crippen molar-refractivity contribution < 1.29 is 28.7 Å². The van der Waals surface area contributed by atoms with Crippen molar-refractivity contribution in [3.63, 3.8) is 0 Å². The van der Waals surface area contributed by atoms with Gasteiger partial charge in [-0.1, -0.05) is 45.4 Å². The fourth-order valence-corrected chi connectivity index (χ4v) is 11.6. The number of hydrogen-bond acceptors (Lipinski definition) is 9. The van der Waals surface area contributed by atoms with Crippen LogP contribution in [-0.4, -0.2) is 101 Å². The van der Waals surface area contributed by atoms with E-state index in [0.717, 1.165) is 86.7 Å². The van der Waals surface area contributed by atoms with Gasteiger partial charge in [-0.3, -0.25) is 39.1 Å². The van der Waals surface area contributed by atoms with E-state index in [-0.39, 0.29) is 47.6 Å². The summed E-state index contributed by atoms with van der Waals surface area (Å²) < 4.78 is 6.40. The molecule has 2 N–H and O–H groups in total. The van der Waals surface area contributed by atoms with Crippen molar-refractivity contribution in [2.75, 3.05) is 31.1 Å². The third kappa shape index (κ3) is 7.26. The number of imide groups is 2. The first kappa shape index (κ1) is 41.1. The lowest BCUT2D eigenvalue weighted by molar-refractivity contribution is -0.164. The van der Waals surface area contributed by atoms with Crippen LogP contribution in [0.3, 0.4) is 0 Å². The molecule has 4 fully saturated rings. The first-order valence-electron chi connectivity index (χ1n) is 21.5. The van der Waals surface area contributed by atoms with Gasteiger partial charge in [0.15, 0.2) is 0 Å². The van der Waals surface area contributed by atoms with Crippen LogP contribution in [0.2, 0.25) is 5.02 Å². The van der Waals surface area contributed by atoms with Crippen LogP contribution in [0.4, 0.5) is 11.4 Å². The Kier molecular flexibility index (Phi) is 10.5. The number of ether oxygens (including phenoxy) is 1. The predicted octanol–water partition coefficient (Wildman–Crippen LogP) is 6.35. The first-order valence-corrected chi connectivity index (χ1v) is 21.9. The molecule has 5 amide bonds. The van der Waals surface area contributed by atoms with Gasteiger partial charge < -0.3 is 19.9 Å². The van der Waals surface area contributed by atoms with Crippen molar-refractivity contribution in [1.29, 1.82) is 0 Å². The van der Waals surface area contributed by atoms with Gasteiger partial charge in [0.2, 0.25) is 17.5 Å². The van der Waals surface area contributed by atoms with E-state index in [9.17, 15) is 24.0 Å². The molecule has 318 valence electrons. The number of amides is 5. The average Bonchev–Trinajstić information content (AvgIpc) is 3.78. The van der Waals surface area contributed by atoms with E-state index in [4.69, 9.17) is 22.9 Å². The van der Waals surface area contributed by atoms with Crippen LogP contribution in [0.15, 0.2) is 54.6 Å². The first-order chi connectivity index (χ1) is 29.1. The van der Waals surface area contributed by atoms with Crippen molar-refractivity contribution in [3.05, 3.63) is 98.9 Å². The minimum Gasteiger partial charge on any atom is -0.489 e. The fourth-order valence-electron chi connectivity index (χ4n) is 11.4. The minimum absolute atomic E-state index is 0.102. The molecule has 6 aliphatic rings. The van der Waals surface area contributed by atoms with Crippen LogP contribution >= 0.6 is 11.6 Å². The number of carbonyl (C=O) groups excluding carboxylic acids is 5. The maximum atomic E-state index is 13.6. The summed E-state index contributed by atoms with van der Waals surface area (Å²) >= 11 is 6.27. The maximum Gasteiger partial charge on any atom is 0.262 e. The van der Waals surface area contributed by atoms with E-state index < -0.39 is 23.8 Å². The number of likely N-dealkylation sites (tertiary alicyclic amines) is 1. The molecule has 1 atom stereocenters. The van der Waals surface area contributed by atoms with Gasteiger partial charge in [0, 0.05) is 72.8 Å². The summed E-state index contributed by atoms with van der Waals surface area (Å²) in [5.74, 6) is -1.38. The summed E-state index contributed by atoms with van der Waals surface area (Å²) in [4.78, 5) is 76.5. The van der Waals surface area contributed by atoms with E-state index >= 15 is 0 Å². The SMILES string of the molecule is [C-]#[N+]c1ccc(OC2C(C)(C)C(NC(=O)c3ccc(N4CCC(N5CCC(N6Cc7cc8c(cc7C6)C(=O)N([C@@H]6CCC(=O)NC6=O)C8=O)CC5)CC4)cc3)C2(C)C)cc1Cl. The normalized spacial score (nSPS) is 25.4. The van der Waals surface area contributed by atoms with Gasteiger partial charge in [-0.15, -0.1) is 0 Å². The Morgan fingerprint density at radius 3 is 1.97 bits per heavy atom. The van der Waals surface area contributed by atoms with Gasteiger partial charge in [0.25, 0.3) is 17.7 Å². The highest BCUT2D eigenvalue weighted by molar-refractivity contribution is 6.33. The Hall–Kier alpha value is -5.29. The molecular weight excluding hydrogens is 794 g/mol. The Balaban J connectivity index is 0.735. The van der Waals surface area contributed by atoms with E-state index in [1.165, 1.54) is 0 Å². The molecular formula is C47H52ClN7O6. The lowest BCUT2D eigenvalue weighted by Gasteiger charge is -2.63. The Morgan fingerprint density at radius 1 is 0.803 bits per heavy atom. The zero-order valence-corrected chi connectivity index (χ0v) is 35.9. The molecule has 0 unspecified atom stereocenters. The van der Waals surface area contributed by atoms with Crippen molar-refractivity contribution >= 4 is 52.5 Å².